The molecule has 0 radical (unpaired) electrons. The fourth-order valence-electron chi connectivity index (χ4n) is 2.81. The second kappa shape index (κ2) is 10.0. The molecular formula is C23H18F3N5O3S. The number of halogens is 3. The number of carbonyl (C=O) groups is 1. The number of aromatic nitrogens is 4. The van der Waals surface area contributed by atoms with Crippen molar-refractivity contribution in [2.75, 3.05) is 5.73 Å². The molecule has 0 aliphatic carbocycles. The van der Waals surface area contributed by atoms with Gasteiger partial charge in [-0.05, 0) is 32.0 Å². The van der Waals surface area contributed by atoms with Gasteiger partial charge in [-0.1, -0.05) is 24.0 Å². The van der Waals surface area contributed by atoms with E-state index in [2.05, 4.69) is 31.8 Å². The number of hydrogen-bond donors (Lipinski definition) is 3. The van der Waals surface area contributed by atoms with E-state index in [-0.39, 0.29) is 0 Å². The maximum Gasteiger partial charge on any atom is 0.490 e. The van der Waals surface area contributed by atoms with Gasteiger partial charge < -0.3 is 15.9 Å². The minimum atomic E-state index is -5.08. The summed E-state index contributed by atoms with van der Waals surface area (Å²) in [6, 6.07) is 9.41. The molecule has 8 nitrogen and oxygen atoms in total. The van der Waals surface area contributed by atoms with Gasteiger partial charge in [0.1, 0.15) is 16.3 Å². The lowest BCUT2D eigenvalue weighted by Gasteiger charge is -2.12. The molecule has 0 amide bonds. The summed E-state index contributed by atoms with van der Waals surface area (Å²) >= 11 is 1.37. The standard InChI is InChI=1S/C21H17N5OS.C2HF3O2/c1-13-16-7-9-23-18(22)17(16)26-19(25-13)15-5-3-4-14(12-15)6-8-21(2,27)20-24-10-11-28-20;3-2(4,5)1(6)7/h3-5,7,9-12,27H,1-2H3,(H2,22,23);(H,6,7)/t21-;/m1./s1. The molecule has 1 atom stereocenters. The Morgan fingerprint density at radius 1 is 1.14 bits per heavy atom. The molecular weight excluding hydrogens is 483 g/mol. The molecule has 0 unspecified atom stereocenters. The number of hydrogen-bond acceptors (Lipinski definition) is 8. The Hall–Kier alpha value is -4.08. The van der Waals surface area contributed by atoms with Crippen molar-refractivity contribution in [1.29, 1.82) is 0 Å². The highest BCUT2D eigenvalue weighted by Gasteiger charge is 2.38. The fraction of sp³-hybridized carbons (Fsp3) is 0.174. The molecule has 0 fully saturated rings. The van der Waals surface area contributed by atoms with Gasteiger partial charge in [0.15, 0.2) is 11.4 Å². The monoisotopic (exact) mass is 501 g/mol. The lowest BCUT2D eigenvalue weighted by molar-refractivity contribution is -0.192. The molecule has 4 rings (SSSR count). The average Bonchev–Trinajstić information content (AvgIpc) is 3.35. The highest BCUT2D eigenvalue weighted by atomic mass is 32.1. The van der Waals surface area contributed by atoms with E-state index in [1.54, 1.807) is 19.3 Å². The molecule has 0 spiro atoms. The first-order chi connectivity index (χ1) is 16.4. The van der Waals surface area contributed by atoms with Crippen LogP contribution in [0.25, 0.3) is 22.3 Å². The predicted octanol–water partition coefficient (Wildman–Crippen LogP) is 3.93. The Morgan fingerprint density at radius 2 is 1.86 bits per heavy atom. The molecule has 0 aliphatic rings. The number of nitrogens with zero attached hydrogens (tertiary/aromatic N) is 4. The quantitative estimate of drug-likeness (QED) is 0.352. The number of aliphatic carboxylic acids is 1. The van der Waals surface area contributed by atoms with Gasteiger partial charge in [0.25, 0.3) is 0 Å². The van der Waals surface area contributed by atoms with E-state index in [0.717, 1.165) is 22.2 Å². The molecule has 1 aromatic carbocycles. The summed E-state index contributed by atoms with van der Waals surface area (Å²) in [5.41, 5.74) is 7.70. The zero-order chi connectivity index (χ0) is 25.8. The van der Waals surface area contributed by atoms with Gasteiger partial charge in [0.05, 0.1) is 0 Å². The maximum atomic E-state index is 10.6. The van der Waals surface area contributed by atoms with Crippen LogP contribution in [0.15, 0.2) is 48.1 Å². The van der Waals surface area contributed by atoms with E-state index in [4.69, 9.17) is 15.6 Å². The van der Waals surface area contributed by atoms with Crippen molar-refractivity contribution in [2.45, 2.75) is 25.6 Å². The Morgan fingerprint density at radius 3 is 2.49 bits per heavy atom. The van der Waals surface area contributed by atoms with Crippen LogP contribution in [0.1, 0.15) is 23.2 Å². The van der Waals surface area contributed by atoms with Crippen molar-refractivity contribution in [2.24, 2.45) is 0 Å². The molecule has 4 N–H and O–H groups in total. The largest absolute Gasteiger partial charge is 0.490 e. The topological polar surface area (TPSA) is 135 Å². The van der Waals surface area contributed by atoms with Gasteiger partial charge in [-0.3, -0.25) is 0 Å². The molecule has 0 saturated heterocycles. The van der Waals surface area contributed by atoms with Crippen molar-refractivity contribution in [1.82, 2.24) is 19.9 Å². The number of fused-ring (bicyclic) bond motifs is 1. The molecule has 0 saturated carbocycles. The fourth-order valence-corrected chi connectivity index (χ4v) is 3.46. The number of carboxylic acid groups (broad SMARTS) is 1. The third kappa shape index (κ3) is 6.28. The van der Waals surface area contributed by atoms with Crippen molar-refractivity contribution < 1.29 is 28.2 Å². The summed E-state index contributed by atoms with van der Waals surface area (Å²) in [5, 5.41) is 20.9. The van der Waals surface area contributed by atoms with E-state index < -0.39 is 17.7 Å². The van der Waals surface area contributed by atoms with Crippen molar-refractivity contribution in [3.63, 3.8) is 0 Å². The number of aliphatic hydroxyl groups is 1. The van der Waals surface area contributed by atoms with Gasteiger partial charge in [0.2, 0.25) is 0 Å². The number of carboxylic acids is 1. The van der Waals surface area contributed by atoms with Crippen LogP contribution in [-0.4, -0.2) is 42.3 Å². The van der Waals surface area contributed by atoms with Gasteiger partial charge >= 0.3 is 12.1 Å². The molecule has 3 aromatic heterocycles. The molecule has 4 aromatic rings. The lowest BCUT2D eigenvalue weighted by atomic mass is 10.1. The number of nitrogen functional groups attached to an aromatic ring is 1. The van der Waals surface area contributed by atoms with Crippen molar-refractivity contribution in [3.05, 3.63) is 64.4 Å². The second-order valence-electron chi connectivity index (χ2n) is 7.27. The van der Waals surface area contributed by atoms with Gasteiger partial charge in [-0.25, -0.2) is 24.7 Å². The predicted molar refractivity (Wildman–Crippen MR) is 124 cm³/mol. The Balaban J connectivity index is 0.000000429. The maximum absolute atomic E-state index is 10.6. The first-order valence-corrected chi connectivity index (χ1v) is 10.7. The van der Waals surface area contributed by atoms with Gasteiger partial charge in [-0.2, -0.15) is 13.2 Å². The first-order valence-electron chi connectivity index (χ1n) is 9.83. The summed E-state index contributed by atoms with van der Waals surface area (Å²) in [6.45, 7) is 3.55. The second-order valence-corrected chi connectivity index (χ2v) is 8.16. The summed E-state index contributed by atoms with van der Waals surface area (Å²) < 4.78 is 31.7. The summed E-state index contributed by atoms with van der Waals surface area (Å²) in [5.74, 6) is 4.08. The Bertz CT molecular complexity index is 1430. The summed E-state index contributed by atoms with van der Waals surface area (Å²) in [6.07, 6.45) is -1.78. The lowest BCUT2D eigenvalue weighted by Crippen LogP contribution is -2.21. The number of alkyl halides is 3. The summed E-state index contributed by atoms with van der Waals surface area (Å²) in [4.78, 5) is 26.3. The van der Waals surface area contributed by atoms with Gasteiger partial charge in [0, 0.05) is 40.0 Å². The molecule has 35 heavy (non-hydrogen) atoms. The number of rotatable bonds is 2. The third-order valence-corrected chi connectivity index (χ3v) is 5.48. The van der Waals surface area contributed by atoms with Crippen LogP contribution >= 0.6 is 11.3 Å². The first kappa shape index (κ1) is 25.5. The smallest absolute Gasteiger partial charge is 0.475 e. The molecule has 0 aliphatic heterocycles. The van der Waals surface area contributed by atoms with Crippen LogP contribution in [0.5, 0.6) is 0 Å². The van der Waals surface area contributed by atoms with Crippen molar-refractivity contribution >= 4 is 34.0 Å². The zero-order valence-corrected chi connectivity index (χ0v) is 19.1. The van der Waals surface area contributed by atoms with E-state index in [0.29, 0.717) is 22.2 Å². The zero-order valence-electron chi connectivity index (χ0n) is 18.3. The SMILES string of the molecule is Cc1nc(-c2cccc(C#C[C@@](C)(O)c3nccs3)c2)nc2c(N)nccc12.O=C(O)C(F)(F)F. The Labute approximate surface area is 201 Å². The number of anilines is 1. The van der Waals surface area contributed by atoms with E-state index in [1.807, 2.05) is 42.6 Å². The molecule has 180 valence electrons. The molecule has 0 bridgehead atoms. The molecule has 12 heteroatoms. The van der Waals surface area contributed by atoms with E-state index in [9.17, 15) is 18.3 Å². The van der Waals surface area contributed by atoms with Crippen LogP contribution < -0.4 is 5.73 Å². The molecule has 3 heterocycles. The van der Waals surface area contributed by atoms with Crippen molar-refractivity contribution in [3.8, 4) is 23.2 Å². The van der Waals surface area contributed by atoms with Gasteiger partial charge in [-0.15, -0.1) is 11.3 Å². The van der Waals surface area contributed by atoms with Crippen LogP contribution in [0.4, 0.5) is 19.0 Å². The van der Waals surface area contributed by atoms with Crippen LogP contribution in [0.3, 0.4) is 0 Å². The number of aryl methyl sites for hydroxylation is 1. The number of pyridine rings is 1. The third-order valence-electron chi connectivity index (χ3n) is 4.50. The number of thiazole rings is 1. The Kier molecular flexibility index (Phi) is 7.33. The minimum Gasteiger partial charge on any atom is -0.475 e. The highest BCUT2D eigenvalue weighted by molar-refractivity contribution is 7.09. The van der Waals surface area contributed by atoms with Crippen LogP contribution in [0.2, 0.25) is 0 Å². The normalized spacial score (nSPS) is 12.6. The highest BCUT2D eigenvalue weighted by Crippen LogP contribution is 2.25. The number of benzene rings is 1. The van der Waals surface area contributed by atoms with Crippen LogP contribution in [-0.2, 0) is 10.4 Å². The summed E-state index contributed by atoms with van der Waals surface area (Å²) in [7, 11) is 0. The average molecular weight is 501 g/mol. The van der Waals surface area contributed by atoms with E-state index in [1.165, 1.54) is 11.3 Å². The minimum absolute atomic E-state index is 0.375. The number of nitrogens with two attached hydrogens (primary N) is 1. The van der Waals surface area contributed by atoms with Crippen LogP contribution in [0, 0.1) is 18.8 Å². The van der Waals surface area contributed by atoms with E-state index >= 15 is 0 Å².